The van der Waals surface area contributed by atoms with Gasteiger partial charge in [0, 0.05) is 24.0 Å². The minimum Gasteiger partial charge on any atom is -0.349 e. The van der Waals surface area contributed by atoms with Gasteiger partial charge in [0.1, 0.15) is 0 Å². The number of nitrogens with zero attached hydrogens (tertiary/aromatic N) is 1. The Bertz CT molecular complexity index is 783. The quantitative estimate of drug-likeness (QED) is 0.647. The molecule has 0 aromatic carbocycles. The lowest BCUT2D eigenvalue weighted by Gasteiger charge is -2.59. The van der Waals surface area contributed by atoms with E-state index in [4.69, 9.17) is 9.47 Å². The molecule has 3 saturated carbocycles. The number of hydrogen-bond donors (Lipinski definition) is 0. The molecular weight excluding hydrogens is 378 g/mol. The van der Waals surface area contributed by atoms with Crippen LogP contribution in [0.15, 0.2) is 0 Å². The Morgan fingerprint density at radius 1 is 1.11 bits per heavy atom. The molecule has 1 amide bonds. The smallest absolute Gasteiger partial charge is 0.244 e. The van der Waals surface area contributed by atoms with Crippen LogP contribution in [0, 0.1) is 28.1 Å². The highest BCUT2D eigenvalue weighted by molar-refractivity contribution is 7.90. The van der Waals surface area contributed by atoms with Crippen LogP contribution < -0.4 is 0 Å². The van der Waals surface area contributed by atoms with Gasteiger partial charge in [-0.25, -0.2) is 12.7 Å². The van der Waals surface area contributed by atoms with Crippen LogP contribution in [0.5, 0.6) is 0 Å². The summed E-state index contributed by atoms with van der Waals surface area (Å²) in [5.74, 6) is -1.34. The Morgan fingerprint density at radius 3 is 2.21 bits per heavy atom. The summed E-state index contributed by atoms with van der Waals surface area (Å²) in [5.41, 5.74) is -0.685. The zero-order valence-electron chi connectivity index (χ0n) is 18.1. The molecule has 4 fully saturated rings. The molecule has 160 valence electrons. The molecule has 1 saturated heterocycles. The Hall–Kier alpha value is -0.660. The first-order valence-electron chi connectivity index (χ1n) is 10.7. The van der Waals surface area contributed by atoms with Crippen molar-refractivity contribution in [2.75, 3.05) is 19.0 Å². The highest BCUT2D eigenvalue weighted by atomic mass is 32.2. The highest BCUT2D eigenvalue weighted by Gasteiger charge is 2.74. The van der Waals surface area contributed by atoms with E-state index >= 15 is 0 Å². The lowest BCUT2D eigenvalue weighted by atomic mass is 9.57. The maximum atomic E-state index is 13.7. The van der Waals surface area contributed by atoms with Crippen molar-refractivity contribution in [3.8, 4) is 0 Å². The van der Waals surface area contributed by atoms with Crippen LogP contribution in [-0.4, -0.2) is 49.4 Å². The fourth-order valence-corrected chi connectivity index (χ4v) is 9.75. The van der Waals surface area contributed by atoms with Crippen LogP contribution in [0.2, 0.25) is 0 Å². The average molecular weight is 414 g/mol. The number of ether oxygens (including phenoxy) is 2. The normalized spacial score (nSPS) is 40.9. The second-order valence-corrected chi connectivity index (χ2v) is 12.3. The van der Waals surface area contributed by atoms with E-state index in [-0.39, 0.29) is 33.9 Å². The largest absolute Gasteiger partial charge is 0.349 e. The van der Waals surface area contributed by atoms with E-state index in [1.807, 2.05) is 27.7 Å². The second-order valence-electron chi connectivity index (χ2n) is 10.4. The lowest BCUT2D eigenvalue weighted by molar-refractivity contribution is -0.364. The average Bonchev–Trinajstić information content (AvgIpc) is 3.06. The van der Waals surface area contributed by atoms with Gasteiger partial charge in [0.25, 0.3) is 0 Å². The number of amides is 1. The van der Waals surface area contributed by atoms with Crippen molar-refractivity contribution in [2.24, 2.45) is 28.1 Å². The third kappa shape index (κ3) is 2.21. The summed E-state index contributed by atoms with van der Waals surface area (Å²) in [5, 5.41) is 0. The molecular formula is C21H35NO5S. The molecule has 1 aliphatic heterocycles. The van der Waals surface area contributed by atoms with Gasteiger partial charge >= 0.3 is 0 Å². The van der Waals surface area contributed by atoms with Crippen LogP contribution in [0.3, 0.4) is 0 Å². The zero-order chi connectivity index (χ0) is 20.8. The molecule has 0 aromatic rings. The van der Waals surface area contributed by atoms with Gasteiger partial charge < -0.3 is 9.47 Å². The third-order valence-electron chi connectivity index (χ3n) is 8.76. The van der Waals surface area contributed by atoms with Crippen molar-refractivity contribution in [2.45, 2.75) is 79.1 Å². The molecule has 0 unspecified atom stereocenters. The number of fused-ring (bicyclic) bond motifs is 1. The van der Waals surface area contributed by atoms with Gasteiger partial charge in [0.15, 0.2) is 5.79 Å². The summed E-state index contributed by atoms with van der Waals surface area (Å²) < 4.78 is 39.8. The molecule has 28 heavy (non-hydrogen) atoms. The summed E-state index contributed by atoms with van der Waals surface area (Å²) >= 11 is 0. The van der Waals surface area contributed by atoms with Crippen LogP contribution in [0.4, 0.5) is 0 Å². The zero-order valence-corrected chi connectivity index (χ0v) is 18.9. The molecule has 3 aliphatic carbocycles. The maximum Gasteiger partial charge on any atom is 0.244 e. The van der Waals surface area contributed by atoms with Crippen molar-refractivity contribution in [3.63, 3.8) is 0 Å². The molecule has 7 heteroatoms. The van der Waals surface area contributed by atoms with Crippen LogP contribution in [0.1, 0.15) is 67.2 Å². The second kappa shape index (κ2) is 5.94. The van der Waals surface area contributed by atoms with Gasteiger partial charge in [-0.1, -0.05) is 27.7 Å². The molecule has 4 rings (SSSR count). The number of carbonyl (C=O) groups is 1. The first-order valence-corrected chi connectivity index (χ1v) is 12.3. The number of hydrogen-bond acceptors (Lipinski definition) is 5. The Kier molecular flexibility index (Phi) is 4.37. The highest BCUT2D eigenvalue weighted by Crippen LogP contribution is 2.70. The fourth-order valence-electron chi connectivity index (χ4n) is 7.17. The van der Waals surface area contributed by atoms with E-state index in [1.165, 1.54) is 4.31 Å². The summed E-state index contributed by atoms with van der Waals surface area (Å²) in [6.45, 7) is 13.1. The van der Waals surface area contributed by atoms with Gasteiger partial charge in [0.05, 0.1) is 17.7 Å². The van der Waals surface area contributed by atoms with E-state index in [2.05, 4.69) is 13.8 Å². The van der Waals surface area contributed by atoms with E-state index in [9.17, 15) is 13.2 Å². The minimum absolute atomic E-state index is 0.0461. The summed E-state index contributed by atoms with van der Waals surface area (Å²) in [7, 11) is -3.63. The lowest BCUT2D eigenvalue weighted by Crippen LogP contribution is -2.69. The number of sulfonamides is 1. The Labute approximate surface area is 169 Å². The SMILES string of the molecule is CCOC1(OCC)[C@H](C(=O)N2[C@H]3C[C@@H]4CC[C@@]3(CS2(=O)=O)C4(C)C)CC1(C)C. The van der Waals surface area contributed by atoms with Crippen molar-refractivity contribution >= 4 is 15.9 Å². The van der Waals surface area contributed by atoms with Crippen molar-refractivity contribution in [1.29, 1.82) is 0 Å². The summed E-state index contributed by atoms with van der Waals surface area (Å²) in [6, 6.07) is -0.205. The van der Waals surface area contributed by atoms with E-state index in [0.29, 0.717) is 25.6 Å². The number of rotatable bonds is 5. The maximum absolute atomic E-state index is 13.7. The monoisotopic (exact) mass is 413 g/mol. The van der Waals surface area contributed by atoms with Gasteiger partial charge in [-0.05, 0) is 50.9 Å². The van der Waals surface area contributed by atoms with E-state index < -0.39 is 21.7 Å². The Morgan fingerprint density at radius 2 is 1.71 bits per heavy atom. The fraction of sp³-hybridized carbons (Fsp3) is 0.952. The van der Waals surface area contributed by atoms with Gasteiger partial charge in [-0.15, -0.1) is 0 Å². The Balaban J connectivity index is 1.71. The molecule has 2 bridgehead atoms. The topological polar surface area (TPSA) is 72.9 Å². The first kappa shape index (κ1) is 20.6. The molecule has 4 atom stereocenters. The predicted octanol–water partition coefficient (Wildman–Crippen LogP) is 3.17. The standard InChI is InChI=1S/C21H35NO5S/c1-7-26-21(27-8-2)15(12-18(21,3)4)17(23)22-16-11-14-9-10-20(16,19(14,5)6)13-28(22,24)25/h14-16H,7-13H2,1-6H3/t14-,15-,16-,20-/m0/s1. The molecule has 6 nitrogen and oxygen atoms in total. The van der Waals surface area contributed by atoms with Gasteiger partial charge in [-0.2, -0.15) is 0 Å². The van der Waals surface area contributed by atoms with Gasteiger partial charge in [-0.3, -0.25) is 4.79 Å². The van der Waals surface area contributed by atoms with Crippen molar-refractivity contribution < 1.29 is 22.7 Å². The minimum atomic E-state index is -3.63. The molecule has 0 radical (unpaired) electrons. The predicted molar refractivity (Wildman–Crippen MR) is 106 cm³/mol. The van der Waals surface area contributed by atoms with E-state index in [1.54, 1.807) is 0 Å². The van der Waals surface area contributed by atoms with E-state index in [0.717, 1.165) is 19.3 Å². The van der Waals surface area contributed by atoms with Crippen LogP contribution in [0.25, 0.3) is 0 Å². The van der Waals surface area contributed by atoms with Crippen LogP contribution >= 0.6 is 0 Å². The number of carbonyl (C=O) groups excluding carboxylic acids is 1. The van der Waals surface area contributed by atoms with Crippen molar-refractivity contribution in [3.05, 3.63) is 0 Å². The van der Waals surface area contributed by atoms with Crippen molar-refractivity contribution in [1.82, 2.24) is 4.31 Å². The summed E-state index contributed by atoms with van der Waals surface area (Å²) in [6.07, 6.45) is 3.34. The van der Waals surface area contributed by atoms with Gasteiger partial charge in [0.2, 0.25) is 15.9 Å². The first-order chi connectivity index (χ1) is 12.9. The summed E-state index contributed by atoms with van der Waals surface area (Å²) in [4.78, 5) is 13.7. The molecule has 1 heterocycles. The molecule has 1 spiro atoms. The van der Waals surface area contributed by atoms with Crippen LogP contribution in [-0.2, 0) is 24.3 Å². The molecule has 0 aromatic heterocycles. The molecule has 0 N–H and O–H groups in total. The third-order valence-corrected chi connectivity index (χ3v) is 10.7. The molecule has 4 aliphatic rings.